The summed E-state index contributed by atoms with van der Waals surface area (Å²) in [4.78, 5) is 6.57. The SMILES string of the molecule is CCCc1noc(N2CCC(CCCOc3cc(F)c(C(=N)OC(=N)C(C)C)c(F)c3)CC2)n1. The monoisotopic (exact) mass is 477 g/mol. The van der Waals surface area contributed by atoms with Gasteiger partial charge in [-0.1, -0.05) is 25.9 Å². The molecule has 3 rings (SSSR count). The van der Waals surface area contributed by atoms with Gasteiger partial charge >= 0.3 is 6.01 Å². The lowest BCUT2D eigenvalue weighted by Gasteiger charge is -2.30. The molecule has 10 heteroatoms. The fourth-order valence-corrected chi connectivity index (χ4v) is 3.80. The number of ether oxygens (including phenoxy) is 2. The summed E-state index contributed by atoms with van der Waals surface area (Å²) in [6.07, 6.45) is 5.54. The Labute approximate surface area is 198 Å². The third kappa shape index (κ3) is 6.74. The highest BCUT2D eigenvalue weighted by Gasteiger charge is 2.23. The Morgan fingerprint density at radius 3 is 2.50 bits per heavy atom. The van der Waals surface area contributed by atoms with Gasteiger partial charge in [0, 0.05) is 37.6 Å². The van der Waals surface area contributed by atoms with Crippen LogP contribution in [-0.4, -0.2) is 41.6 Å². The molecular weight excluding hydrogens is 444 g/mol. The van der Waals surface area contributed by atoms with E-state index in [1.54, 1.807) is 13.8 Å². The number of rotatable bonds is 10. The summed E-state index contributed by atoms with van der Waals surface area (Å²) in [5.74, 6) is -1.79. The first-order valence-electron chi connectivity index (χ1n) is 11.8. The number of anilines is 1. The van der Waals surface area contributed by atoms with E-state index >= 15 is 0 Å². The maximum absolute atomic E-state index is 14.4. The average molecular weight is 478 g/mol. The zero-order valence-electron chi connectivity index (χ0n) is 20.0. The number of piperidine rings is 1. The van der Waals surface area contributed by atoms with E-state index in [0.717, 1.165) is 69.6 Å². The summed E-state index contributed by atoms with van der Waals surface area (Å²) in [6, 6.07) is 2.69. The van der Waals surface area contributed by atoms with E-state index < -0.39 is 23.1 Å². The second kappa shape index (κ2) is 11.9. The third-order valence-corrected chi connectivity index (χ3v) is 5.82. The Kier molecular flexibility index (Phi) is 8.95. The number of hydrogen-bond donors (Lipinski definition) is 2. The number of nitrogens with zero attached hydrogens (tertiary/aromatic N) is 3. The largest absolute Gasteiger partial charge is 0.493 e. The minimum Gasteiger partial charge on any atom is -0.493 e. The molecular formula is C24H33F2N5O3. The lowest BCUT2D eigenvalue weighted by molar-refractivity contribution is 0.274. The summed E-state index contributed by atoms with van der Waals surface area (Å²) >= 11 is 0. The number of aromatic nitrogens is 2. The van der Waals surface area contributed by atoms with Crippen LogP contribution < -0.4 is 9.64 Å². The smallest absolute Gasteiger partial charge is 0.324 e. The van der Waals surface area contributed by atoms with E-state index in [4.69, 9.17) is 24.8 Å². The zero-order valence-corrected chi connectivity index (χ0v) is 20.0. The first kappa shape index (κ1) is 25.6. The van der Waals surface area contributed by atoms with Crippen LogP contribution in [0.3, 0.4) is 0 Å². The second-order valence-corrected chi connectivity index (χ2v) is 8.88. The lowest BCUT2D eigenvalue weighted by Crippen LogP contribution is -2.34. The van der Waals surface area contributed by atoms with Crippen molar-refractivity contribution in [3.63, 3.8) is 0 Å². The highest BCUT2D eigenvalue weighted by atomic mass is 19.1. The average Bonchev–Trinajstić information content (AvgIpc) is 3.25. The maximum atomic E-state index is 14.4. The zero-order chi connectivity index (χ0) is 24.7. The van der Waals surface area contributed by atoms with Crippen molar-refractivity contribution in [2.45, 2.75) is 59.3 Å². The molecule has 0 bridgehead atoms. The van der Waals surface area contributed by atoms with Crippen LogP contribution in [0, 0.1) is 34.3 Å². The highest BCUT2D eigenvalue weighted by Crippen LogP contribution is 2.26. The number of halogens is 2. The predicted octanol–water partition coefficient (Wildman–Crippen LogP) is 5.35. The van der Waals surface area contributed by atoms with Crippen LogP contribution in [0.2, 0.25) is 0 Å². The number of hydrogen-bond acceptors (Lipinski definition) is 8. The van der Waals surface area contributed by atoms with Crippen LogP contribution >= 0.6 is 0 Å². The van der Waals surface area contributed by atoms with Crippen molar-refractivity contribution in [2.24, 2.45) is 11.8 Å². The number of aryl methyl sites for hydroxylation is 1. The summed E-state index contributed by atoms with van der Waals surface area (Å²) in [5.41, 5.74) is -0.604. The molecule has 1 aliphatic rings. The highest BCUT2D eigenvalue weighted by molar-refractivity contribution is 6.00. The van der Waals surface area contributed by atoms with E-state index in [0.29, 0.717) is 18.5 Å². The van der Waals surface area contributed by atoms with E-state index in [2.05, 4.69) is 22.0 Å². The molecule has 0 aliphatic carbocycles. The molecule has 1 aromatic carbocycles. The molecule has 2 N–H and O–H groups in total. The normalized spacial score (nSPS) is 14.5. The second-order valence-electron chi connectivity index (χ2n) is 8.88. The van der Waals surface area contributed by atoms with Gasteiger partial charge in [0.15, 0.2) is 11.7 Å². The van der Waals surface area contributed by atoms with Crippen molar-refractivity contribution >= 4 is 17.8 Å². The molecule has 0 spiro atoms. The molecule has 1 saturated heterocycles. The fraction of sp³-hybridized carbons (Fsp3) is 0.583. The number of nitrogens with one attached hydrogen (secondary N) is 2. The van der Waals surface area contributed by atoms with E-state index in [1.807, 2.05) is 0 Å². The van der Waals surface area contributed by atoms with Crippen LogP contribution in [-0.2, 0) is 11.2 Å². The molecule has 8 nitrogen and oxygen atoms in total. The lowest BCUT2D eigenvalue weighted by atomic mass is 9.92. The van der Waals surface area contributed by atoms with Crippen LogP contribution in [0.1, 0.15) is 64.3 Å². The Morgan fingerprint density at radius 2 is 1.88 bits per heavy atom. The molecule has 0 amide bonds. The topological polar surface area (TPSA) is 108 Å². The molecule has 2 aromatic rings. The van der Waals surface area contributed by atoms with Gasteiger partial charge in [-0.25, -0.2) is 8.78 Å². The molecule has 0 unspecified atom stereocenters. The van der Waals surface area contributed by atoms with Crippen molar-refractivity contribution < 1.29 is 22.8 Å². The first-order chi connectivity index (χ1) is 16.3. The van der Waals surface area contributed by atoms with Gasteiger partial charge in [-0.15, -0.1) is 0 Å². The minimum atomic E-state index is -0.952. The van der Waals surface area contributed by atoms with Gasteiger partial charge in [0.05, 0.1) is 6.61 Å². The molecule has 186 valence electrons. The van der Waals surface area contributed by atoms with Crippen molar-refractivity contribution in [3.8, 4) is 5.75 Å². The summed E-state index contributed by atoms with van der Waals surface area (Å²) in [6.45, 7) is 7.53. The van der Waals surface area contributed by atoms with Gasteiger partial charge in [0.2, 0.25) is 5.90 Å². The van der Waals surface area contributed by atoms with Gasteiger partial charge in [0.1, 0.15) is 22.9 Å². The van der Waals surface area contributed by atoms with Crippen LogP contribution in [0.5, 0.6) is 5.75 Å². The van der Waals surface area contributed by atoms with E-state index in [-0.39, 0.29) is 17.6 Å². The van der Waals surface area contributed by atoms with Crippen LogP contribution in [0.25, 0.3) is 0 Å². The quantitative estimate of drug-likeness (QED) is 0.271. The molecule has 2 heterocycles. The Bertz CT molecular complexity index is 964. The molecule has 34 heavy (non-hydrogen) atoms. The Balaban J connectivity index is 1.42. The van der Waals surface area contributed by atoms with Gasteiger partial charge in [-0.3, -0.25) is 10.8 Å². The molecule has 0 atom stereocenters. The molecule has 1 aromatic heterocycles. The fourth-order valence-electron chi connectivity index (χ4n) is 3.80. The maximum Gasteiger partial charge on any atom is 0.324 e. The van der Waals surface area contributed by atoms with Crippen LogP contribution in [0.4, 0.5) is 14.8 Å². The summed E-state index contributed by atoms with van der Waals surface area (Å²) in [7, 11) is 0. The molecule has 1 aliphatic heterocycles. The van der Waals surface area contributed by atoms with Crippen molar-refractivity contribution in [1.29, 1.82) is 10.8 Å². The number of benzene rings is 1. The molecule has 1 fully saturated rings. The van der Waals surface area contributed by atoms with Crippen molar-refractivity contribution in [1.82, 2.24) is 10.1 Å². The van der Waals surface area contributed by atoms with Gasteiger partial charge in [-0.2, -0.15) is 4.98 Å². The third-order valence-electron chi connectivity index (χ3n) is 5.82. The van der Waals surface area contributed by atoms with Crippen molar-refractivity contribution in [3.05, 3.63) is 35.2 Å². The van der Waals surface area contributed by atoms with E-state index in [1.165, 1.54) is 0 Å². The van der Waals surface area contributed by atoms with Gasteiger partial charge < -0.3 is 18.9 Å². The first-order valence-corrected chi connectivity index (χ1v) is 11.8. The summed E-state index contributed by atoms with van der Waals surface area (Å²) in [5, 5.41) is 19.4. The summed E-state index contributed by atoms with van der Waals surface area (Å²) < 4.78 is 44.7. The Morgan fingerprint density at radius 1 is 1.21 bits per heavy atom. The predicted molar refractivity (Wildman–Crippen MR) is 125 cm³/mol. The van der Waals surface area contributed by atoms with Gasteiger partial charge in [-0.05, 0) is 38.0 Å². The van der Waals surface area contributed by atoms with Gasteiger partial charge in [0.25, 0.3) is 0 Å². The van der Waals surface area contributed by atoms with Crippen molar-refractivity contribution in [2.75, 3.05) is 24.6 Å². The molecule has 0 radical (unpaired) electrons. The standard InChI is InChI=1S/C24H33F2N5O3/c1-4-6-20-29-24(34-30-20)31-10-8-16(9-11-31)7-5-12-32-17-13-18(25)21(19(26)14-17)23(28)33-22(27)15(2)3/h13-16,27-28H,4-12H2,1-3H3. The minimum absolute atomic E-state index is 0.0691. The Hall–Kier alpha value is -3.04. The van der Waals surface area contributed by atoms with E-state index in [9.17, 15) is 8.78 Å². The van der Waals surface area contributed by atoms with Crippen LogP contribution in [0.15, 0.2) is 16.7 Å². The molecule has 0 saturated carbocycles.